The van der Waals surface area contributed by atoms with Crippen LogP contribution in [0.3, 0.4) is 0 Å². The molecule has 0 atom stereocenters. The minimum Gasteiger partial charge on any atom is -0.386 e. The van der Waals surface area contributed by atoms with Crippen molar-refractivity contribution < 1.29 is 5.11 Å². The van der Waals surface area contributed by atoms with Crippen molar-refractivity contribution in [2.45, 2.75) is 59.6 Å². The number of rotatable bonds is 5. The number of aliphatic hydroxyl groups is 1. The number of nitrogens with zero attached hydrogens (tertiary/aromatic N) is 5. The molecule has 1 aromatic carbocycles. The molecule has 1 aliphatic rings. The average Bonchev–Trinajstić information content (AvgIpc) is 3.44. The van der Waals surface area contributed by atoms with Crippen molar-refractivity contribution in [1.29, 1.82) is 0 Å². The molecule has 35 heavy (non-hydrogen) atoms. The number of aryl methyl sites for hydroxylation is 2. The summed E-state index contributed by atoms with van der Waals surface area (Å²) >= 11 is 0. The summed E-state index contributed by atoms with van der Waals surface area (Å²) in [6.07, 6.45) is 4.22. The number of hydrogen-bond donors (Lipinski definition) is 3. The lowest BCUT2D eigenvalue weighted by atomic mass is 9.96. The number of aromatic amines is 1. The van der Waals surface area contributed by atoms with Gasteiger partial charge < -0.3 is 15.8 Å². The monoisotopic (exact) mass is 471 g/mol. The molecule has 8 nitrogen and oxygen atoms in total. The molecule has 0 saturated heterocycles. The molecule has 4 N–H and O–H groups in total. The lowest BCUT2D eigenvalue weighted by Gasteiger charge is -2.17. The fourth-order valence-corrected chi connectivity index (χ4v) is 4.77. The summed E-state index contributed by atoms with van der Waals surface area (Å²) in [6.45, 7) is 10.3. The van der Waals surface area contributed by atoms with Gasteiger partial charge in [0, 0.05) is 41.0 Å². The Morgan fingerprint density at radius 1 is 1.09 bits per heavy atom. The number of hydrogen-bond acceptors (Lipinski definition) is 5. The van der Waals surface area contributed by atoms with E-state index >= 15 is 0 Å². The lowest BCUT2D eigenvalue weighted by Crippen LogP contribution is -2.17. The second-order valence-electron chi connectivity index (χ2n) is 10.1. The van der Waals surface area contributed by atoms with Crippen LogP contribution in [0.15, 0.2) is 42.6 Å². The predicted molar refractivity (Wildman–Crippen MR) is 139 cm³/mol. The minimum absolute atomic E-state index is 0.443. The van der Waals surface area contributed by atoms with Gasteiger partial charge in [0.05, 0.1) is 11.3 Å². The first-order valence-electron chi connectivity index (χ1n) is 12.1. The van der Waals surface area contributed by atoms with E-state index in [2.05, 4.69) is 41.3 Å². The van der Waals surface area contributed by atoms with Crippen molar-refractivity contribution in [1.82, 2.24) is 29.5 Å². The van der Waals surface area contributed by atoms with Crippen LogP contribution in [0.1, 0.15) is 49.2 Å². The molecule has 4 aromatic rings. The summed E-state index contributed by atoms with van der Waals surface area (Å²) in [7, 11) is 0. The molecule has 3 aromatic heterocycles. The van der Waals surface area contributed by atoms with Gasteiger partial charge in [-0.3, -0.25) is 0 Å². The molecule has 1 fully saturated rings. The minimum atomic E-state index is -1.01. The van der Waals surface area contributed by atoms with Crippen LogP contribution in [-0.2, 0) is 12.1 Å². The first-order chi connectivity index (χ1) is 16.6. The molecule has 5 rings (SSSR count). The Morgan fingerprint density at radius 2 is 1.80 bits per heavy atom. The van der Waals surface area contributed by atoms with Crippen molar-refractivity contribution >= 4 is 16.9 Å². The molecule has 3 heterocycles. The fraction of sp³-hybridized carbons (Fsp3) is 0.370. The molecule has 0 bridgehead atoms. The highest BCUT2D eigenvalue weighted by Crippen LogP contribution is 2.34. The maximum Gasteiger partial charge on any atom is 0.157 e. The van der Waals surface area contributed by atoms with E-state index in [1.54, 1.807) is 30.8 Å². The highest BCUT2D eigenvalue weighted by Gasteiger charge is 2.26. The van der Waals surface area contributed by atoms with Gasteiger partial charge in [-0.1, -0.05) is 29.8 Å². The van der Waals surface area contributed by atoms with E-state index < -0.39 is 5.60 Å². The van der Waals surface area contributed by atoms with E-state index in [1.807, 2.05) is 24.6 Å². The largest absolute Gasteiger partial charge is 0.386 e. The second kappa shape index (κ2) is 8.53. The number of nitrogen functional groups attached to an aromatic ring is 1. The van der Waals surface area contributed by atoms with E-state index in [0.29, 0.717) is 17.6 Å². The Kier molecular flexibility index (Phi) is 5.63. The maximum atomic E-state index is 10.6. The topological polar surface area (TPSA) is 111 Å². The van der Waals surface area contributed by atoms with Crippen molar-refractivity contribution in [2.24, 2.45) is 5.92 Å². The number of nitrogens with two attached hydrogens (primary N) is 1. The van der Waals surface area contributed by atoms with Gasteiger partial charge in [-0.25, -0.2) is 14.3 Å². The van der Waals surface area contributed by atoms with Crippen LogP contribution in [0.4, 0.5) is 5.82 Å². The Hall–Kier alpha value is -3.65. The Balaban J connectivity index is 1.72. The third kappa shape index (κ3) is 4.53. The van der Waals surface area contributed by atoms with E-state index in [0.717, 1.165) is 45.8 Å². The van der Waals surface area contributed by atoms with Crippen LogP contribution in [0.2, 0.25) is 0 Å². The van der Waals surface area contributed by atoms with E-state index in [4.69, 9.17) is 15.8 Å². The smallest absolute Gasteiger partial charge is 0.157 e. The van der Waals surface area contributed by atoms with Gasteiger partial charge in [-0.15, -0.1) is 0 Å². The van der Waals surface area contributed by atoms with Gasteiger partial charge in [-0.2, -0.15) is 10.2 Å². The van der Waals surface area contributed by atoms with Crippen LogP contribution < -0.4 is 5.73 Å². The molecule has 0 spiro atoms. The van der Waals surface area contributed by atoms with Crippen LogP contribution >= 0.6 is 0 Å². The molecule has 1 aliphatic carbocycles. The number of fused-ring (bicyclic) bond motifs is 1. The Bertz CT molecular complexity index is 1450. The number of benzene rings is 1. The molecule has 0 aliphatic heterocycles. The van der Waals surface area contributed by atoms with Gasteiger partial charge in [0.1, 0.15) is 17.2 Å². The molecular weight excluding hydrogens is 438 g/mol. The quantitative estimate of drug-likeness (QED) is 0.384. The lowest BCUT2D eigenvalue weighted by molar-refractivity contribution is 0.0772. The molecule has 1 saturated carbocycles. The first kappa shape index (κ1) is 23.1. The third-order valence-electron chi connectivity index (χ3n) is 6.56. The zero-order valence-electron chi connectivity index (χ0n) is 21.0. The zero-order valence-corrected chi connectivity index (χ0v) is 21.0. The van der Waals surface area contributed by atoms with E-state index in [1.165, 1.54) is 18.4 Å². The van der Waals surface area contributed by atoms with Gasteiger partial charge >= 0.3 is 0 Å². The van der Waals surface area contributed by atoms with E-state index in [9.17, 15) is 5.11 Å². The molecular formula is C27H33N7O. The summed E-state index contributed by atoms with van der Waals surface area (Å²) in [6, 6.07) is 12.1. The zero-order chi connectivity index (χ0) is 24.9. The normalized spacial score (nSPS) is 13.9. The van der Waals surface area contributed by atoms with Gasteiger partial charge in [0.2, 0.25) is 0 Å². The maximum absolute atomic E-state index is 10.6. The van der Waals surface area contributed by atoms with Crippen LogP contribution in [-0.4, -0.2) is 34.6 Å². The highest BCUT2D eigenvalue weighted by atomic mass is 16.3. The Labute approximate surface area is 205 Å². The molecule has 182 valence electrons. The summed E-state index contributed by atoms with van der Waals surface area (Å²) in [5, 5.41) is 21.2. The fourth-order valence-electron chi connectivity index (χ4n) is 4.77. The standard InChI is InChI=1S/C27H33N7O/c1-16-6-10-20(11-7-16)25-21-12-13-29-23(34-18(3)24(17(2)31-34)27(4,5)35)14-22(28)30-26(21)33(32-25)15-19-8-9-19/h6-7,10-14,19,30,35H,8-9,15,28H2,1-5H3. The van der Waals surface area contributed by atoms with Crippen molar-refractivity contribution in [3.8, 4) is 17.1 Å². The third-order valence-corrected chi connectivity index (χ3v) is 6.56. The summed E-state index contributed by atoms with van der Waals surface area (Å²) in [5.74, 6) is 1.65. The van der Waals surface area contributed by atoms with Crippen molar-refractivity contribution in [3.05, 3.63) is 65.1 Å². The van der Waals surface area contributed by atoms with Crippen LogP contribution in [0.5, 0.6) is 0 Å². The first-order valence-corrected chi connectivity index (χ1v) is 12.1. The average molecular weight is 472 g/mol. The van der Waals surface area contributed by atoms with Crippen molar-refractivity contribution in [2.75, 3.05) is 5.73 Å². The SMILES string of the molecule is Cc1ccc(-c2nn(CC3CC3)c3[nH]c(N)cc(-n4nc(C)c(C(C)(C)O)c4C)nccc23)cc1. The number of anilines is 1. The molecule has 0 radical (unpaired) electrons. The summed E-state index contributed by atoms with van der Waals surface area (Å²) in [5.41, 5.74) is 11.8. The number of aromatic nitrogens is 6. The highest BCUT2D eigenvalue weighted by molar-refractivity contribution is 5.91. The van der Waals surface area contributed by atoms with Crippen molar-refractivity contribution in [3.63, 3.8) is 0 Å². The van der Waals surface area contributed by atoms with E-state index in [-0.39, 0.29) is 0 Å². The summed E-state index contributed by atoms with van der Waals surface area (Å²) < 4.78 is 3.77. The molecule has 0 amide bonds. The van der Waals surface area contributed by atoms with Gasteiger partial charge in [0.25, 0.3) is 0 Å². The van der Waals surface area contributed by atoms with Gasteiger partial charge in [-0.05, 0) is 59.4 Å². The van der Waals surface area contributed by atoms with Crippen LogP contribution in [0.25, 0.3) is 28.1 Å². The molecule has 8 heteroatoms. The number of H-pyrrole nitrogens is 1. The number of nitrogens with one attached hydrogen (secondary N) is 1. The second-order valence-corrected chi connectivity index (χ2v) is 10.1. The molecule has 0 unspecified atom stereocenters. The predicted octanol–water partition coefficient (Wildman–Crippen LogP) is 4.88. The Morgan fingerprint density at radius 3 is 2.43 bits per heavy atom. The van der Waals surface area contributed by atoms with Crippen LogP contribution in [0, 0.1) is 26.7 Å². The van der Waals surface area contributed by atoms with Gasteiger partial charge in [0.15, 0.2) is 5.82 Å². The summed E-state index contributed by atoms with van der Waals surface area (Å²) in [4.78, 5) is 8.11.